The zero-order chi connectivity index (χ0) is 19.8. The van der Waals surface area contributed by atoms with E-state index in [0.29, 0.717) is 24.8 Å². The zero-order valence-corrected chi connectivity index (χ0v) is 15.7. The third-order valence-corrected chi connectivity index (χ3v) is 4.72. The first kappa shape index (κ1) is 17.2. The molecule has 0 aliphatic carbocycles. The quantitative estimate of drug-likeness (QED) is 0.574. The van der Waals surface area contributed by atoms with E-state index < -0.39 is 0 Å². The summed E-state index contributed by atoms with van der Waals surface area (Å²) in [5, 5.41) is 8.66. The van der Waals surface area contributed by atoms with Gasteiger partial charge in [0.05, 0.1) is 23.8 Å². The summed E-state index contributed by atoms with van der Waals surface area (Å²) in [6, 6.07) is 17.5. The monoisotopic (exact) mass is 386 g/mol. The molecule has 2 aromatic carbocycles. The van der Waals surface area contributed by atoms with Crippen LogP contribution < -0.4 is 10.2 Å². The van der Waals surface area contributed by atoms with Crippen molar-refractivity contribution < 1.29 is 9.53 Å². The first-order valence-electron chi connectivity index (χ1n) is 9.28. The molecule has 2 aromatic heterocycles. The van der Waals surface area contributed by atoms with Crippen LogP contribution in [0.25, 0.3) is 16.7 Å². The third kappa shape index (κ3) is 3.14. The van der Waals surface area contributed by atoms with Crippen LogP contribution in [0, 0.1) is 6.92 Å². The van der Waals surface area contributed by atoms with Crippen LogP contribution in [0.4, 0.5) is 22.0 Å². The lowest BCUT2D eigenvalue weighted by molar-refractivity contribution is 0.181. The summed E-state index contributed by atoms with van der Waals surface area (Å²) in [6.45, 7) is 2.80. The van der Waals surface area contributed by atoms with Crippen LogP contribution in [0.3, 0.4) is 0 Å². The molecule has 1 aliphatic heterocycles. The van der Waals surface area contributed by atoms with Gasteiger partial charge in [-0.3, -0.25) is 4.90 Å². The van der Waals surface area contributed by atoms with Gasteiger partial charge in [0.15, 0.2) is 5.65 Å². The Hall–Kier alpha value is -3.94. The number of nitrogens with zero attached hydrogens (tertiary/aromatic N) is 5. The summed E-state index contributed by atoms with van der Waals surface area (Å²) in [5.41, 5.74) is 3.25. The van der Waals surface area contributed by atoms with Crippen molar-refractivity contribution in [1.29, 1.82) is 0 Å². The molecule has 1 aliphatic rings. The van der Waals surface area contributed by atoms with E-state index in [2.05, 4.69) is 20.4 Å². The number of ether oxygens (including phenoxy) is 1. The molecule has 0 atom stereocenters. The molecule has 1 fully saturated rings. The first-order valence-corrected chi connectivity index (χ1v) is 9.28. The van der Waals surface area contributed by atoms with E-state index in [1.807, 2.05) is 61.5 Å². The molecule has 1 N–H and O–H groups in total. The summed E-state index contributed by atoms with van der Waals surface area (Å²) in [6.07, 6.45) is 1.43. The van der Waals surface area contributed by atoms with E-state index in [9.17, 15) is 4.79 Å². The standard InChI is InChI=1S/C21H18N6O2/c1-14-23-19(18-13-22-27(20(18)24-14)16-7-3-2-4-8-16)25-15-6-5-9-17(12-15)26-10-11-29-21(26)28/h2-9,12-13H,10-11H2,1H3,(H,23,24,25). The molecule has 0 unspecified atom stereocenters. The van der Waals surface area contributed by atoms with E-state index in [1.54, 1.807) is 15.8 Å². The zero-order valence-electron chi connectivity index (χ0n) is 15.7. The molecule has 0 spiro atoms. The van der Waals surface area contributed by atoms with Crippen molar-refractivity contribution in [3.05, 3.63) is 66.6 Å². The molecule has 0 bridgehead atoms. The Morgan fingerprint density at radius 2 is 1.86 bits per heavy atom. The topological polar surface area (TPSA) is 85.2 Å². The van der Waals surface area contributed by atoms with Gasteiger partial charge in [-0.15, -0.1) is 0 Å². The molecule has 8 heteroatoms. The number of carbonyl (C=O) groups excluding carboxylic acids is 1. The highest BCUT2D eigenvalue weighted by molar-refractivity contribution is 5.92. The summed E-state index contributed by atoms with van der Waals surface area (Å²) in [7, 11) is 0. The van der Waals surface area contributed by atoms with Crippen molar-refractivity contribution in [3.8, 4) is 5.69 Å². The number of aryl methyl sites for hydroxylation is 1. The minimum Gasteiger partial charge on any atom is -0.447 e. The normalized spacial score (nSPS) is 13.7. The summed E-state index contributed by atoms with van der Waals surface area (Å²) >= 11 is 0. The minimum absolute atomic E-state index is 0.327. The Labute approximate surface area is 166 Å². The molecular formula is C21H18N6O2. The lowest BCUT2D eigenvalue weighted by Gasteiger charge is -2.14. The second-order valence-corrected chi connectivity index (χ2v) is 6.69. The lowest BCUT2D eigenvalue weighted by Crippen LogP contribution is -2.23. The average Bonchev–Trinajstić information content (AvgIpc) is 3.35. The van der Waals surface area contributed by atoms with Crippen LogP contribution in [-0.2, 0) is 4.74 Å². The summed E-state index contributed by atoms with van der Waals surface area (Å²) in [4.78, 5) is 22.6. The van der Waals surface area contributed by atoms with Gasteiger partial charge in [-0.25, -0.2) is 19.4 Å². The molecule has 5 rings (SSSR count). The maximum Gasteiger partial charge on any atom is 0.414 e. The minimum atomic E-state index is -0.327. The number of carbonyl (C=O) groups is 1. The largest absolute Gasteiger partial charge is 0.447 e. The summed E-state index contributed by atoms with van der Waals surface area (Å²) in [5.74, 6) is 1.30. The van der Waals surface area contributed by atoms with Gasteiger partial charge < -0.3 is 10.1 Å². The highest BCUT2D eigenvalue weighted by atomic mass is 16.6. The number of cyclic esters (lactones) is 1. The third-order valence-electron chi connectivity index (χ3n) is 4.72. The molecule has 3 heterocycles. The molecule has 4 aromatic rings. The predicted molar refractivity (Wildman–Crippen MR) is 110 cm³/mol. The number of anilines is 3. The van der Waals surface area contributed by atoms with E-state index in [-0.39, 0.29) is 6.09 Å². The number of para-hydroxylation sites is 1. The number of hydrogen-bond donors (Lipinski definition) is 1. The van der Waals surface area contributed by atoms with Gasteiger partial charge in [-0.2, -0.15) is 5.10 Å². The second kappa shape index (κ2) is 6.90. The molecule has 1 saturated heterocycles. The van der Waals surface area contributed by atoms with Crippen molar-refractivity contribution in [1.82, 2.24) is 19.7 Å². The second-order valence-electron chi connectivity index (χ2n) is 6.69. The van der Waals surface area contributed by atoms with Crippen molar-refractivity contribution in [2.24, 2.45) is 0 Å². The fourth-order valence-electron chi connectivity index (χ4n) is 3.39. The van der Waals surface area contributed by atoms with Crippen LogP contribution in [0.5, 0.6) is 0 Å². The maximum atomic E-state index is 11.9. The van der Waals surface area contributed by atoms with E-state index in [0.717, 1.165) is 28.1 Å². The van der Waals surface area contributed by atoms with Crippen molar-refractivity contribution >= 4 is 34.3 Å². The van der Waals surface area contributed by atoms with E-state index in [1.165, 1.54) is 0 Å². The summed E-state index contributed by atoms with van der Waals surface area (Å²) < 4.78 is 6.83. The Bertz CT molecular complexity index is 1200. The SMILES string of the molecule is Cc1nc(Nc2cccc(N3CCOC3=O)c2)c2cnn(-c3ccccc3)c2n1. The molecule has 29 heavy (non-hydrogen) atoms. The number of amides is 1. The first-order chi connectivity index (χ1) is 14.2. The van der Waals surface area contributed by atoms with Crippen LogP contribution in [-0.4, -0.2) is 39.0 Å². The highest BCUT2D eigenvalue weighted by Crippen LogP contribution is 2.28. The number of benzene rings is 2. The molecule has 144 valence electrons. The van der Waals surface area contributed by atoms with Crippen LogP contribution in [0.15, 0.2) is 60.8 Å². The predicted octanol–water partition coefficient (Wildman–Crippen LogP) is 3.82. The number of hydrogen-bond acceptors (Lipinski definition) is 6. The Morgan fingerprint density at radius 3 is 2.66 bits per heavy atom. The average molecular weight is 386 g/mol. The lowest BCUT2D eigenvalue weighted by atomic mass is 10.2. The number of aromatic nitrogens is 4. The number of nitrogens with one attached hydrogen (secondary N) is 1. The Balaban J connectivity index is 1.53. The Kier molecular flexibility index (Phi) is 4.09. The van der Waals surface area contributed by atoms with Crippen molar-refractivity contribution in [2.45, 2.75) is 6.92 Å². The number of fused-ring (bicyclic) bond motifs is 1. The molecule has 0 radical (unpaired) electrons. The highest BCUT2D eigenvalue weighted by Gasteiger charge is 2.23. The van der Waals surface area contributed by atoms with Gasteiger partial charge in [-0.05, 0) is 37.3 Å². The maximum absolute atomic E-state index is 11.9. The van der Waals surface area contributed by atoms with Crippen molar-refractivity contribution in [3.63, 3.8) is 0 Å². The van der Waals surface area contributed by atoms with Gasteiger partial charge in [0, 0.05) is 11.4 Å². The molecule has 1 amide bonds. The fourth-order valence-corrected chi connectivity index (χ4v) is 3.39. The Morgan fingerprint density at radius 1 is 1.03 bits per heavy atom. The smallest absolute Gasteiger partial charge is 0.414 e. The van der Waals surface area contributed by atoms with Crippen molar-refractivity contribution in [2.75, 3.05) is 23.4 Å². The number of rotatable bonds is 4. The molecule has 0 saturated carbocycles. The van der Waals surface area contributed by atoms with Gasteiger partial charge in [0.25, 0.3) is 0 Å². The molecular weight excluding hydrogens is 368 g/mol. The van der Waals surface area contributed by atoms with Crippen LogP contribution in [0.2, 0.25) is 0 Å². The molecule has 8 nitrogen and oxygen atoms in total. The van der Waals surface area contributed by atoms with Gasteiger partial charge in [-0.1, -0.05) is 24.3 Å². The van der Waals surface area contributed by atoms with E-state index >= 15 is 0 Å². The van der Waals surface area contributed by atoms with Gasteiger partial charge >= 0.3 is 6.09 Å². The fraction of sp³-hybridized carbons (Fsp3) is 0.143. The van der Waals surface area contributed by atoms with Crippen LogP contribution in [0.1, 0.15) is 5.82 Å². The van der Waals surface area contributed by atoms with Gasteiger partial charge in [0.1, 0.15) is 18.2 Å². The van der Waals surface area contributed by atoms with E-state index in [4.69, 9.17) is 4.74 Å². The van der Waals surface area contributed by atoms with Gasteiger partial charge in [0.2, 0.25) is 0 Å². The van der Waals surface area contributed by atoms with Crippen LogP contribution >= 0.6 is 0 Å².